The minimum atomic E-state index is 0.0593. The number of likely N-dealkylation sites (tertiary alicyclic amines) is 2. The number of rotatable bonds is 2. The maximum atomic E-state index is 12.2. The van der Waals surface area contributed by atoms with Crippen LogP contribution < -0.4 is 5.73 Å². The Morgan fingerprint density at radius 3 is 2.74 bits per heavy atom. The van der Waals surface area contributed by atoms with E-state index in [9.17, 15) is 9.59 Å². The smallest absolute Gasteiger partial charge is 0.242 e. The highest BCUT2D eigenvalue weighted by Crippen LogP contribution is 2.13. The molecular formula is C14H25N3O2. The minimum absolute atomic E-state index is 0.0593. The van der Waals surface area contributed by atoms with E-state index in [4.69, 9.17) is 5.73 Å². The lowest BCUT2D eigenvalue weighted by molar-refractivity contribution is -0.141. The Morgan fingerprint density at radius 1 is 1.16 bits per heavy atom. The molecule has 2 fully saturated rings. The molecule has 5 heteroatoms. The van der Waals surface area contributed by atoms with Gasteiger partial charge in [0.2, 0.25) is 11.8 Å². The normalized spacial score (nSPS) is 25.9. The second-order valence-electron chi connectivity index (χ2n) is 5.72. The lowest BCUT2D eigenvalue weighted by Crippen LogP contribution is -2.50. The molecule has 2 amide bonds. The van der Waals surface area contributed by atoms with Crippen molar-refractivity contribution in [2.75, 3.05) is 26.2 Å². The fourth-order valence-electron chi connectivity index (χ4n) is 2.88. The van der Waals surface area contributed by atoms with Crippen LogP contribution in [0.3, 0.4) is 0 Å². The first-order valence-corrected chi connectivity index (χ1v) is 7.48. The molecule has 0 aromatic heterocycles. The van der Waals surface area contributed by atoms with Gasteiger partial charge in [-0.1, -0.05) is 12.8 Å². The average molecular weight is 267 g/mol. The molecule has 1 unspecified atom stereocenters. The Morgan fingerprint density at radius 2 is 1.95 bits per heavy atom. The van der Waals surface area contributed by atoms with Gasteiger partial charge in [0.25, 0.3) is 0 Å². The number of nitrogens with zero attached hydrogens (tertiary/aromatic N) is 2. The third-order valence-corrected chi connectivity index (χ3v) is 4.06. The number of hydrogen-bond acceptors (Lipinski definition) is 3. The first kappa shape index (κ1) is 14.3. The molecule has 2 heterocycles. The van der Waals surface area contributed by atoms with Crippen molar-refractivity contribution in [1.82, 2.24) is 9.80 Å². The fraction of sp³-hybridized carbons (Fsp3) is 0.857. The zero-order valence-electron chi connectivity index (χ0n) is 11.6. The van der Waals surface area contributed by atoms with Crippen LogP contribution in [0, 0.1) is 0 Å². The minimum Gasteiger partial charge on any atom is -0.340 e. The van der Waals surface area contributed by atoms with Crippen LogP contribution in [-0.4, -0.2) is 53.8 Å². The Labute approximate surface area is 115 Å². The number of amides is 2. The molecule has 0 saturated carbocycles. The van der Waals surface area contributed by atoms with Crippen LogP contribution in [-0.2, 0) is 9.59 Å². The predicted molar refractivity (Wildman–Crippen MR) is 73.5 cm³/mol. The van der Waals surface area contributed by atoms with Crippen molar-refractivity contribution in [3.8, 4) is 0 Å². The third-order valence-electron chi connectivity index (χ3n) is 4.06. The van der Waals surface area contributed by atoms with Crippen LogP contribution in [0.25, 0.3) is 0 Å². The van der Waals surface area contributed by atoms with Gasteiger partial charge in [-0.2, -0.15) is 0 Å². The zero-order chi connectivity index (χ0) is 13.7. The van der Waals surface area contributed by atoms with E-state index >= 15 is 0 Å². The van der Waals surface area contributed by atoms with Crippen LogP contribution in [0.4, 0.5) is 0 Å². The highest BCUT2D eigenvalue weighted by Gasteiger charge is 2.25. The van der Waals surface area contributed by atoms with Crippen LogP contribution in [0.2, 0.25) is 0 Å². The average Bonchev–Trinajstić information content (AvgIpc) is 2.38. The van der Waals surface area contributed by atoms with Gasteiger partial charge in [-0.25, -0.2) is 0 Å². The summed E-state index contributed by atoms with van der Waals surface area (Å²) in [6.45, 7) is 2.39. The molecule has 5 nitrogen and oxygen atoms in total. The molecule has 0 aromatic rings. The first-order valence-electron chi connectivity index (χ1n) is 7.48. The van der Waals surface area contributed by atoms with E-state index in [0.717, 1.165) is 51.6 Å². The maximum absolute atomic E-state index is 12.2. The van der Waals surface area contributed by atoms with Gasteiger partial charge < -0.3 is 15.5 Å². The van der Waals surface area contributed by atoms with Gasteiger partial charge >= 0.3 is 0 Å². The Bertz CT molecular complexity index is 333. The molecule has 2 aliphatic heterocycles. The van der Waals surface area contributed by atoms with Crippen molar-refractivity contribution < 1.29 is 9.59 Å². The number of carbonyl (C=O) groups is 2. The summed E-state index contributed by atoms with van der Waals surface area (Å²) in [4.78, 5) is 27.8. The van der Waals surface area contributed by atoms with Crippen molar-refractivity contribution in [2.24, 2.45) is 5.73 Å². The van der Waals surface area contributed by atoms with Crippen LogP contribution in [0.1, 0.15) is 44.9 Å². The van der Waals surface area contributed by atoms with E-state index in [0.29, 0.717) is 13.0 Å². The molecule has 2 saturated heterocycles. The lowest BCUT2D eigenvalue weighted by Gasteiger charge is -2.33. The highest BCUT2D eigenvalue weighted by atomic mass is 16.2. The molecule has 0 bridgehead atoms. The maximum Gasteiger partial charge on any atom is 0.242 e. The SMILES string of the molecule is NC1CCCN(C(=O)CN2CCCCCCC2=O)C1. The summed E-state index contributed by atoms with van der Waals surface area (Å²) in [6.07, 6.45) is 6.82. The van der Waals surface area contributed by atoms with Gasteiger partial charge in [0.1, 0.15) is 0 Å². The summed E-state index contributed by atoms with van der Waals surface area (Å²) in [6, 6.07) is 0.0979. The van der Waals surface area contributed by atoms with Crippen molar-refractivity contribution in [1.29, 1.82) is 0 Å². The number of nitrogens with two attached hydrogens (primary N) is 1. The van der Waals surface area contributed by atoms with E-state index in [-0.39, 0.29) is 24.4 Å². The van der Waals surface area contributed by atoms with Gasteiger partial charge in [0.05, 0.1) is 6.54 Å². The van der Waals surface area contributed by atoms with Gasteiger partial charge in [-0.3, -0.25) is 9.59 Å². The molecule has 108 valence electrons. The van der Waals surface area contributed by atoms with E-state index in [1.54, 1.807) is 4.90 Å². The van der Waals surface area contributed by atoms with Crippen molar-refractivity contribution in [3.63, 3.8) is 0 Å². The molecule has 19 heavy (non-hydrogen) atoms. The molecule has 2 aliphatic rings. The molecule has 0 aliphatic carbocycles. The second kappa shape index (κ2) is 6.89. The highest BCUT2D eigenvalue weighted by molar-refractivity contribution is 5.85. The lowest BCUT2D eigenvalue weighted by atomic mass is 10.1. The van der Waals surface area contributed by atoms with Gasteiger partial charge in [0, 0.05) is 32.1 Å². The zero-order valence-corrected chi connectivity index (χ0v) is 11.6. The van der Waals surface area contributed by atoms with Crippen molar-refractivity contribution in [2.45, 2.75) is 51.0 Å². The van der Waals surface area contributed by atoms with Crippen LogP contribution in [0.15, 0.2) is 0 Å². The molecule has 0 radical (unpaired) electrons. The summed E-state index contributed by atoms with van der Waals surface area (Å²) >= 11 is 0. The summed E-state index contributed by atoms with van der Waals surface area (Å²) in [5, 5.41) is 0. The molecule has 1 atom stereocenters. The fourth-order valence-corrected chi connectivity index (χ4v) is 2.88. The molecular weight excluding hydrogens is 242 g/mol. The van der Waals surface area contributed by atoms with Crippen LogP contribution in [0.5, 0.6) is 0 Å². The second-order valence-corrected chi connectivity index (χ2v) is 5.72. The predicted octanol–water partition coefficient (Wildman–Crippen LogP) is 0.729. The monoisotopic (exact) mass is 267 g/mol. The summed E-state index contributed by atoms with van der Waals surface area (Å²) in [7, 11) is 0. The van der Waals surface area contributed by atoms with Gasteiger partial charge in [-0.15, -0.1) is 0 Å². The Hall–Kier alpha value is -1.10. The van der Waals surface area contributed by atoms with Crippen LogP contribution >= 0.6 is 0 Å². The van der Waals surface area contributed by atoms with E-state index in [1.165, 1.54) is 0 Å². The van der Waals surface area contributed by atoms with E-state index in [1.807, 2.05) is 4.90 Å². The Balaban J connectivity index is 1.87. The standard InChI is InChI=1S/C14H25N3O2/c15-12-6-5-9-16(10-12)14(19)11-17-8-4-2-1-3-7-13(17)18/h12H,1-11,15H2. The number of piperidine rings is 1. The largest absolute Gasteiger partial charge is 0.340 e. The molecule has 2 rings (SSSR count). The number of carbonyl (C=O) groups excluding carboxylic acids is 2. The molecule has 0 aromatic carbocycles. The summed E-state index contributed by atoms with van der Waals surface area (Å²) < 4.78 is 0. The Kier molecular flexibility index (Phi) is 5.19. The quantitative estimate of drug-likeness (QED) is 0.802. The van der Waals surface area contributed by atoms with E-state index in [2.05, 4.69) is 0 Å². The number of hydrogen-bond donors (Lipinski definition) is 1. The van der Waals surface area contributed by atoms with Crippen molar-refractivity contribution >= 4 is 11.8 Å². The summed E-state index contributed by atoms with van der Waals surface area (Å²) in [5.74, 6) is 0.193. The molecule has 0 spiro atoms. The topological polar surface area (TPSA) is 66.6 Å². The van der Waals surface area contributed by atoms with Gasteiger partial charge in [-0.05, 0) is 25.7 Å². The van der Waals surface area contributed by atoms with E-state index < -0.39 is 0 Å². The third kappa shape index (κ3) is 4.20. The first-order chi connectivity index (χ1) is 9.16. The summed E-state index contributed by atoms with van der Waals surface area (Å²) in [5.41, 5.74) is 5.89. The van der Waals surface area contributed by atoms with Crippen molar-refractivity contribution in [3.05, 3.63) is 0 Å². The molecule has 2 N–H and O–H groups in total. The van der Waals surface area contributed by atoms with Gasteiger partial charge in [0.15, 0.2) is 0 Å².